The summed E-state index contributed by atoms with van der Waals surface area (Å²) in [7, 11) is 0. The van der Waals surface area contributed by atoms with Crippen LogP contribution in [0.5, 0.6) is 0 Å². The van der Waals surface area contributed by atoms with Crippen LogP contribution in [0.4, 0.5) is 5.69 Å². The van der Waals surface area contributed by atoms with Crippen LogP contribution in [0.25, 0.3) is 16.9 Å². The number of anilines is 1. The maximum atomic E-state index is 6.53. The molecule has 1 atom stereocenters. The van der Waals surface area contributed by atoms with Crippen LogP contribution in [0.3, 0.4) is 0 Å². The lowest BCUT2D eigenvalue weighted by Gasteiger charge is -2.17. The Bertz CT molecular complexity index is 1090. The van der Waals surface area contributed by atoms with Gasteiger partial charge in [-0.05, 0) is 35.9 Å². The van der Waals surface area contributed by atoms with Gasteiger partial charge in [0.05, 0.1) is 23.6 Å². The highest BCUT2D eigenvalue weighted by atomic mass is 35.5. The van der Waals surface area contributed by atoms with E-state index in [-0.39, 0.29) is 0 Å². The molecule has 26 heavy (non-hydrogen) atoms. The molecule has 130 valence electrons. The number of hydrogen-bond donors (Lipinski definition) is 2. The molecule has 1 unspecified atom stereocenters. The maximum absolute atomic E-state index is 6.53. The smallest absolute Gasteiger partial charge is 0.155 e. The van der Waals surface area contributed by atoms with Gasteiger partial charge < -0.3 is 11.5 Å². The minimum atomic E-state index is -0.488. The molecule has 2 aromatic carbocycles. The lowest BCUT2D eigenvalue weighted by atomic mass is 10.0. The fourth-order valence-corrected chi connectivity index (χ4v) is 3.40. The van der Waals surface area contributed by atoms with E-state index in [1.54, 1.807) is 22.8 Å². The summed E-state index contributed by atoms with van der Waals surface area (Å²) in [6.07, 6.45) is 1.69. The van der Waals surface area contributed by atoms with Crippen molar-refractivity contribution >= 4 is 34.5 Å². The Morgan fingerprint density at radius 1 is 0.962 bits per heavy atom. The van der Waals surface area contributed by atoms with Gasteiger partial charge in [-0.15, -0.1) is 0 Å². The van der Waals surface area contributed by atoms with Crippen molar-refractivity contribution in [3.8, 4) is 11.3 Å². The predicted molar refractivity (Wildman–Crippen MR) is 105 cm³/mol. The summed E-state index contributed by atoms with van der Waals surface area (Å²) in [6.45, 7) is 0. The largest absolute Gasteiger partial charge is 0.399 e. The monoisotopic (exact) mass is 383 g/mol. The van der Waals surface area contributed by atoms with Crippen LogP contribution < -0.4 is 11.5 Å². The summed E-state index contributed by atoms with van der Waals surface area (Å²) >= 11 is 12.4. The van der Waals surface area contributed by atoms with Gasteiger partial charge in [0.25, 0.3) is 0 Å². The zero-order valence-electron chi connectivity index (χ0n) is 13.6. The first kappa shape index (κ1) is 16.8. The van der Waals surface area contributed by atoms with Crippen molar-refractivity contribution in [2.45, 2.75) is 6.04 Å². The molecule has 0 fully saturated rings. The molecule has 0 radical (unpaired) electrons. The third kappa shape index (κ3) is 3.01. The molecule has 5 nitrogen and oxygen atoms in total. The van der Waals surface area contributed by atoms with Gasteiger partial charge in [-0.1, -0.05) is 41.4 Å². The molecule has 4 N–H and O–H groups in total. The minimum absolute atomic E-state index is 0.488. The molecule has 0 amide bonds. The van der Waals surface area contributed by atoms with Gasteiger partial charge in [-0.2, -0.15) is 5.10 Å². The number of benzene rings is 2. The predicted octanol–water partition coefficient (Wildman–Crippen LogP) is 4.33. The van der Waals surface area contributed by atoms with Crippen LogP contribution in [0, 0.1) is 0 Å². The summed E-state index contributed by atoms with van der Waals surface area (Å²) in [6, 6.07) is 16.1. The Kier molecular flexibility index (Phi) is 4.28. The highest BCUT2D eigenvalue weighted by Crippen LogP contribution is 2.31. The minimum Gasteiger partial charge on any atom is -0.399 e. The second kappa shape index (κ2) is 6.61. The molecular formula is C19H15Cl2N5. The van der Waals surface area contributed by atoms with Crippen molar-refractivity contribution in [1.82, 2.24) is 14.6 Å². The number of nitrogen functional groups attached to an aromatic ring is 1. The Morgan fingerprint density at radius 2 is 1.73 bits per heavy atom. The number of nitrogens with two attached hydrogens (primary N) is 2. The molecule has 4 aromatic rings. The van der Waals surface area contributed by atoms with Crippen LogP contribution in [-0.2, 0) is 0 Å². The van der Waals surface area contributed by atoms with Gasteiger partial charge in [-0.3, -0.25) is 0 Å². The van der Waals surface area contributed by atoms with Crippen LogP contribution in [0.1, 0.15) is 17.3 Å². The second-order valence-corrected chi connectivity index (χ2v) is 6.78. The van der Waals surface area contributed by atoms with E-state index >= 15 is 0 Å². The first-order valence-electron chi connectivity index (χ1n) is 7.94. The average molecular weight is 384 g/mol. The Hall–Kier alpha value is -2.60. The molecule has 0 spiro atoms. The van der Waals surface area contributed by atoms with Crippen molar-refractivity contribution in [2.75, 3.05) is 5.73 Å². The van der Waals surface area contributed by atoms with Crippen LogP contribution in [0.2, 0.25) is 10.0 Å². The van der Waals surface area contributed by atoms with E-state index in [0.717, 1.165) is 22.5 Å². The molecule has 7 heteroatoms. The van der Waals surface area contributed by atoms with Gasteiger partial charge in [0.1, 0.15) is 0 Å². The zero-order valence-corrected chi connectivity index (χ0v) is 15.1. The number of aromatic nitrogens is 3. The number of nitrogens with zero attached hydrogens (tertiary/aromatic N) is 3. The van der Waals surface area contributed by atoms with Crippen LogP contribution >= 0.6 is 23.2 Å². The quantitative estimate of drug-likeness (QED) is 0.515. The SMILES string of the molecule is Nc1ccc(-c2cc(C(N)c3ccc(Cl)cc3Cl)n3nccc3n2)cc1. The van der Waals surface area contributed by atoms with E-state index in [9.17, 15) is 0 Å². The van der Waals surface area contributed by atoms with Gasteiger partial charge >= 0.3 is 0 Å². The van der Waals surface area contributed by atoms with Crippen molar-refractivity contribution in [2.24, 2.45) is 5.73 Å². The number of fused-ring (bicyclic) bond motifs is 1. The van der Waals surface area contributed by atoms with E-state index < -0.39 is 6.04 Å². The van der Waals surface area contributed by atoms with E-state index in [1.807, 2.05) is 42.5 Å². The van der Waals surface area contributed by atoms with Crippen molar-refractivity contribution in [1.29, 1.82) is 0 Å². The Balaban J connectivity index is 1.88. The second-order valence-electron chi connectivity index (χ2n) is 5.93. The van der Waals surface area contributed by atoms with Gasteiger partial charge in [0, 0.05) is 27.4 Å². The number of halogens is 2. The third-order valence-electron chi connectivity index (χ3n) is 4.21. The summed E-state index contributed by atoms with van der Waals surface area (Å²) in [5, 5.41) is 5.42. The van der Waals surface area contributed by atoms with Crippen LogP contribution in [0.15, 0.2) is 60.8 Å². The highest BCUT2D eigenvalue weighted by Gasteiger charge is 2.18. The van der Waals surface area contributed by atoms with Gasteiger partial charge in [-0.25, -0.2) is 9.50 Å². The summed E-state index contributed by atoms with van der Waals surface area (Å²) in [5.74, 6) is 0. The van der Waals surface area contributed by atoms with E-state index in [0.29, 0.717) is 21.4 Å². The molecule has 0 aliphatic carbocycles. The Labute approximate surface area is 160 Å². The summed E-state index contributed by atoms with van der Waals surface area (Å²) in [5.41, 5.74) is 17.0. The lowest BCUT2D eigenvalue weighted by molar-refractivity contribution is 0.756. The van der Waals surface area contributed by atoms with E-state index in [4.69, 9.17) is 34.7 Å². The van der Waals surface area contributed by atoms with Crippen LogP contribution in [-0.4, -0.2) is 14.6 Å². The third-order valence-corrected chi connectivity index (χ3v) is 4.77. The summed E-state index contributed by atoms with van der Waals surface area (Å²) in [4.78, 5) is 4.66. The van der Waals surface area contributed by atoms with Crippen molar-refractivity contribution in [3.05, 3.63) is 82.1 Å². The average Bonchev–Trinajstić information content (AvgIpc) is 3.09. The number of hydrogen-bond acceptors (Lipinski definition) is 4. The van der Waals surface area contributed by atoms with Crippen molar-refractivity contribution < 1.29 is 0 Å². The lowest BCUT2D eigenvalue weighted by Crippen LogP contribution is -2.17. The normalized spacial score (nSPS) is 12.4. The topological polar surface area (TPSA) is 82.2 Å². The molecule has 2 heterocycles. The standard InChI is InChI=1S/C19H15Cl2N5/c20-12-3-6-14(15(21)9-12)19(23)17-10-16(11-1-4-13(22)5-2-11)25-18-7-8-24-26(17)18/h1-10,19H,22-23H2. The Morgan fingerprint density at radius 3 is 2.46 bits per heavy atom. The molecule has 0 bridgehead atoms. The molecule has 2 aromatic heterocycles. The fraction of sp³-hybridized carbons (Fsp3) is 0.0526. The number of rotatable bonds is 3. The summed E-state index contributed by atoms with van der Waals surface area (Å²) < 4.78 is 1.72. The van der Waals surface area contributed by atoms with Gasteiger partial charge in [0.15, 0.2) is 5.65 Å². The molecule has 0 aliphatic rings. The molecule has 0 aliphatic heterocycles. The first-order valence-corrected chi connectivity index (χ1v) is 8.69. The maximum Gasteiger partial charge on any atom is 0.155 e. The molecule has 4 rings (SSSR count). The molecule has 0 saturated carbocycles. The highest BCUT2D eigenvalue weighted by molar-refractivity contribution is 6.35. The van der Waals surface area contributed by atoms with E-state index in [2.05, 4.69) is 10.1 Å². The molecule has 0 saturated heterocycles. The van der Waals surface area contributed by atoms with Gasteiger partial charge in [0.2, 0.25) is 0 Å². The fourth-order valence-electron chi connectivity index (χ4n) is 2.87. The first-order chi connectivity index (χ1) is 12.5. The molecular weight excluding hydrogens is 369 g/mol. The van der Waals surface area contributed by atoms with E-state index in [1.165, 1.54) is 0 Å². The zero-order chi connectivity index (χ0) is 18.3. The van der Waals surface area contributed by atoms with Crippen molar-refractivity contribution in [3.63, 3.8) is 0 Å².